The lowest BCUT2D eigenvalue weighted by Crippen LogP contribution is -2.44. The van der Waals surface area contributed by atoms with Gasteiger partial charge in [-0.3, -0.25) is 0 Å². The van der Waals surface area contributed by atoms with E-state index in [9.17, 15) is 13.2 Å². The minimum atomic E-state index is -4.94. The standard InChI is InChI=1S/C5H2Cl7F3/c6-2(7,4(10,11)12)1-3(8,9)5(13,14)15/h1H2. The highest BCUT2D eigenvalue weighted by Crippen LogP contribution is 2.55. The van der Waals surface area contributed by atoms with E-state index in [0.717, 1.165) is 0 Å². The topological polar surface area (TPSA) is 0 Å². The molecule has 0 N–H and O–H groups in total. The first kappa shape index (κ1) is 16.8. The average molecular weight is 367 g/mol. The van der Waals surface area contributed by atoms with E-state index in [4.69, 9.17) is 81.2 Å². The van der Waals surface area contributed by atoms with Gasteiger partial charge in [-0.2, -0.15) is 13.2 Å². The predicted molar refractivity (Wildman–Crippen MR) is 59.8 cm³/mol. The van der Waals surface area contributed by atoms with Crippen LogP contribution in [0.15, 0.2) is 0 Å². The molecule has 0 aromatic heterocycles. The third-order valence-corrected chi connectivity index (χ3v) is 4.35. The second-order valence-electron chi connectivity index (χ2n) is 2.58. The second kappa shape index (κ2) is 4.83. The Morgan fingerprint density at radius 2 is 1.00 bits per heavy atom. The molecule has 0 spiro atoms. The molecular formula is C5H2Cl7F3. The number of alkyl halides is 10. The third-order valence-electron chi connectivity index (χ3n) is 1.27. The van der Waals surface area contributed by atoms with Crippen molar-refractivity contribution in [3.63, 3.8) is 0 Å². The molecule has 0 aromatic carbocycles. The van der Waals surface area contributed by atoms with Crippen LogP contribution in [0.1, 0.15) is 6.42 Å². The average Bonchev–Trinajstić information content (AvgIpc) is 1.77. The molecule has 0 aliphatic carbocycles. The van der Waals surface area contributed by atoms with Crippen LogP contribution in [0.5, 0.6) is 0 Å². The summed E-state index contributed by atoms with van der Waals surface area (Å²) in [4.78, 5) is 0. The van der Waals surface area contributed by atoms with Crippen LogP contribution in [0.2, 0.25) is 0 Å². The van der Waals surface area contributed by atoms with Gasteiger partial charge in [0.2, 0.25) is 8.13 Å². The summed E-state index contributed by atoms with van der Waals surface area (Å²) in [5.74, 6) is 0. The molecule has 0 bridgehead atoms. The van der Waals surface area contributed by atoms with Crippen LogP contribution in [-0.2, 0) is 0 Å². The molecule has 0 atom stereocenters. The first-order valence-electron chi connectivity index (χ1n) is 3.10. The first-order chi connectivity index (χ1) is 6.21. The van der Waals surface area contributed by atoms with E-state index in [0.29, 0.717) is 0 Å². The van der Waals surface area contributed by atoms with Crippen molar-refractivity contribution in [3.8, 4) is 0 Å². The summed E-state index contributed by atoms with van der Waals surface area (Å²) in [5.41, 5.74) is 0. The third kappa shape index (κ3) is 4.53. The minimum Gasteiger partial charge on any atom is -0.168 e. The molecule has 0 amide bonds. The highest BCUT2D eigenvalue weighted by molar-refractivity contribution is 6.75. The molecule has 0 aliphatic heterocycles. The van der Waals surface area contributed by atoms with E-state index in [2.05, 4.69) is 0 Å². The molecule has 0 fully saturated rings. The van der Waals surface area contributed by atoms with Gasteiger partial charge in [-0.25, -0.2) is 0 Å². The van der Waals surface area contributed by atoms with Crippen LogP contribution < -0.4 is 0 Å². The molecular weight excluding hydrogens is 365 g/mol. The normalized spacial score (nSPS) is 15.6. The number of rotatable bonds is 2. The van der Waals surface area contributed by atoms with E-state index in [-0.39, 0.29) is 0 Å². The molecule has 0 saturated carbocycles. The lowest BCUT2D eigenvalue weighted by molar-refractivity contribution is -0.143. The summed E-state index contributed by atoms with van der Waals surface area (Å²) < 4.78 is 28.8. The van der Waals surface area contributed by atoms with Gasteiger partial charge >= 0.3 is 6.18 Å². The lowest BCUT2D eigenvalue weighted by atomic mass is 10.2. The van der Waals surface area contributed by atoms with Crippen molar-refractivity contribution >= 4 is 81.2 Å². The van der Waals surface area contributed by atoms with Crippen LogP contribution in [0.3, 0.4) is 0 Å². The second-order valence-corrected chi connectivity index (χ2v) is 7.83. The Labute approximate surface area is 119 Å². The van der Waals surface area contributed by atoms with Gasteiger partial charge in [-0.15, -0.1) is 0 Å². The van der Waals surface area contributed by atoms with Crippen molar-refractivity contribution in [2.45, 2.75) is 25.1 Å². The molecule has 15 heavy (non-hydrogen) atoms. The van der Waals surface area contributed by atoms with E-state index in [1.165, 1.54) is 0 Å². The molecule has 10 heteroatoms. The smallest absolute Gasteiger partial charge is 0.168 e. The summed E-state index contributed by atoms with van der Waals surface area (Å²) in [6.07, 6.45) is -6.13. The summed E-state index contributed by atoms with van der Waals surface area (Å²) in [6, 6.07) is 0. The number of hydrogen-bond acceptors (Lipinski definition) is 0. The highest BCUT2D eigenvalue weighted by atomic mass is 35.6. The Morgan fingerprint density at radius 3 is 1.20 bits per heavy atom. The fourth-order valence-corrected chi connectivity index (χ4v) is 1.76. The van der Waals surface area contributed by atoms with Gasteiger partial charge in [0.05, 0.1) is 0 Å². The summed E-state index contributed by atoms with van der Waals surface area (Å²) in [7, 11) is 0. The van der Waals surface area contributed by atoms with Crippen molar-refractivity contribution in [2.24, 2.45) is 0 Å². The van der Waals surface area contributed by atoms with E-state index < -0.39 is 25.1 Å². The largest absolute Gasteiger partial charge is 0.421 e. The van der Waals surface area contributed by atoms with Gasteiger partial charge in [0.15, 0.2) is 4.33 Å². The van der Waals surface area contributed by atoms with Gasteiger partial charge in [0, 0.05) is 6.42 Å². The van der Waals surface area contributed by atoms with Gasteiger partial charge in [-0.1, -0.05) is 81.2 Å². The molecule has 0 radical (unpaired) electrons. The maximum Gasteiger partial charge on any atom is 0.421 e. The van der Waals surface area contributed by atoms with Gasteiger partial charge < -0.3 is 0 Å². The molecule has 0 nitrogen and oxygen atoms in total. The molecule has 0 aliphatic rings. The van der Waals surface area contributed by atoms with Gasteiger partial charge in [-0.05, 0) is 0 Å². The molecule has 0 aromatic rings. The number of halogens is 10. The summed E-state index contributed by atoms with van der Waals surface area (Å²) in [5, 5.41) is 0. The minimum absolute atomic E-state index is 1.19. The Bertz CT molecular complexity index is 204. The van der Waals surface area contributed by atoms with Crippen molar-refractivity contribution in [2.75, 3.05) is 0 Å². The predicted octanol–water partition coefficient (Wildman–Crippen LogP) is 5.66. The highest BCUT2D eigenvalue weighted by Gasteiger charge is 2.60. The van der Waals surface area contributed by atoms with Crippen molar-refractivity contribution in [1.82, 2.24) is 0 Å². The van der Waals surface area contributed by atoms with Gasteiger partial charge in [0.1, 0.15) is 0 Å². The molecule has 0 heterocycles. The fraction of sp³-hybridized carbons (Fsp3) is 1.00. The van der Waals surface area contributed by atoms with E-state index >= 15 is 0 Å². The quantitative estimate of drug-likeness (QED) is 0.553. The summed E-state index contributed by atoms with van der Waals surface area (Å²) in [6.45, 7) is 0. The van der Waals surface area contributed by atoms with Gasteiger partial charge in [0.25, 0.3) is 0 Å². The maximum atomic E-state index is 12.2. The van der Waals surface area contributed by atoms with Crippen LogP contribution in [-0.4, -0.2) is 18.6 Å². The molecule has 0 unspecified atom stereocenters. The molecule has 92 valence electrons. The fourth-order valence-electron chi connectivity index (χ4n) is 0.479. The van der Waals surface area contributed by atoms with Crippen LogP contribution in [0, 0.1) is 0 Å². The number of hydrogen-bond donors (Lipinski definition) is 0. The van der Waals surface area contributed by atoms with Crippen molar-refractivity contribution in [1.29, 1.82) is 0 Å². The van der Waals surface area contributed by atoms with Crippen molar-refractivity contribution in [3.05, 3.63) is 0 Å². The van der Waals surface area contributed by atoms with E-state index in [1.54, 1.807) is 0 Å². The monoisotopic (exact) mass is 364 g/mol. The molecule has 0 rings (SSSR count). The van der Waals surface area contributed by atoms with Crippen LogP contribution in [0.4, 0.5) is 13.2 Å². The Morgan fingerprint density at radius 1 is 0.667 bits per heavy atom. The van der Waals surface area contributed by atoms with E-state index in [1.807, 2.05) is 0 Å². The SMILES string of the molecule is FC(F)(F)C(Cl)(Cl)CC(Cl)(Cl)C(Cl)(Cl)Cl. The zero-order chi connectivity index (χ0) is 12.7. The van der Waals surface area contributed by atoms with Crippen LogP contribution >= 0.6 is 81.2 Å². The van der Waals surface area contributed by atoms with Crippen LogP contribution in [0.25, 0.3) is 0 Å². The summed E-state index contributed by atoms with van der Waals surface area (Å²) >= 11 is 36.6. The zero-order valence-electron chi connectivity index (χ0n) is 6.49. The van der Waals surface area contributed by atoms with Crippen molar-refractivity contribution < 1.29 is 13.2 Å². The zero-order valence-corrected chi connectivity index (χ0v) is 11.8. The Kier molecular flexibility index (Phi) is 5.42. The first-order valence-corrected chi connectivity index (χ1v) is 5.74. The Hall–Kier alpha value is 1.82. The Balaban J connectivity index is 4.89. The lowest BCUT2D eigenvalue weighted by Gasteiger charge is -2.33. The molecule has 0 saturated heterocycles. The maximum absolute atomic E-state index is 12.2.